The summed E-state index contributed by atoms with van der Waals surface area (Å²) in [6.07, 6.45) is 0.265. The highest BCUT2D eigenvalue weighted by atomic mass is 32.2. The fraction of sp³-hybridized carbons (Fsp3) is 0.481. The number of piperidine rings is 1. The van der Waals surface area contributed by atoms with E-state index in [0.717, 1.165) is 28.2 Å². The van der Waals surface area contributed by atoms with Gasteiger partial charge in [-0.3, -0.25) is 4.72 Å². The number of aromatic nitrogens is 2. The van der Waals surface area contributed by atoms with Crippen molar-refractivity contribution in [3.05, 3.63) is 59.8 Å². The number of fused-ring (bicyclic) bond motifs is 1. The third-order valence-electron chi connectivity index (χ3n) is 6.76. The Hall–Kier alpha value is -2.89. The Morgan fingerprint density at radius 2 is 1.79 bits per heavy atom. The van der Waals surface area contributed by atoms with Gasteiger partial charge in [-0.25, -0.2) is 17.9 Å². The molecule has 38 heavy (non-hydrogen) atoms. The average molecular weight is 559 g/mol. The van der Waals surface area contributed by atoms with Crippen molar-refractivity contribution >= 4 is 40.8 Å². The van der Waals surface area contributed by atoms with Crippen molar-refractivity contribution in [2.75, 3.05) is 24.4 Å². The van der Waals surface area contributed by atoms with Crippen LogP contribution >= 0.6 is 0 Å². The van der Waals surface area contributed by atoms with E-state index in [-0.39, 0.29) is 6.61 Å². The maximum Gasteiger partial charge on any atom is 0.410 e. The van der Waals surface area contributed by atoms with Gasteiger partial charge in [0, 0.05) is 33.2 Å². The van der Waals surface area contributed by atoms with Crippen molar-refractivity contribution in [1.29, 1.82) is 0 Å². The van der Waals surface area contributed by atoms with Gasteiger partial charge in [-0.15, -0.1) is 0 Å². The first-order chi connectivity index (χ1) is 18.0. The predicted molar refractivity (Wildman–Crippen MR) is 152 cm³/mol. The van der Waals surface area contributed by atoms with E-state index in [2.05, 4.69) is 29.5 Å². The van der Waals surface area contributed by atoms with Gasteiger partial charge in [0.15, 0.2) is 0 Å². The van der Waals surface area contributed by atoms with E-state index in [9.17, 15) is 13.2 Å². The summed E-state index contributed by atoms with van der Waals surface area (Å²) in [5.74, 6) is 0. The predicted octanol–water partition coefficient (Wildman–Crippen LogP) is 5.20. The zero-order valence-electron chi connectivity index (χ0n) is 22.6. The van der Waals surface area contributed by atoms with Crippen LogP contribution in [0.3, 0.4) is 0 Å². The number of ether oxygens (including phenoxy) is 2. The molecule has 3 aromatic rings. The lowest BCUT2D eigenvalue weighted by molar-refractivity contribution is 0.0815. The van der Waals surface area contributed by atoms with Crippen LogP contribution in [0.5, 0.6) is 0 Å². The fourth-order valence-corrected chi connectivity index (χ4v) is 6.76. The molecule has 9 nitrogen and oxygen atoms in total. The number of sulfonamides is 1. The van der Waals surface area contributed by atoms with Crippen LogP contribution in [-0.4, -0.2) is 62.2 Å². The third kappa shape index (κ3) is 7.15. The molecular formula is C27H38N4O5SSi. The maximum atomic E-state index is 13.3. The summed E-state index contributed by atoms with van der Waals surface area (Å²) in [7, 11) is -4.86. The molecule has 0 unspecified atom stereocenters. The summed E-state index contributed by atoms with van der Waals surface area (Å²) in [5, 5.41) is 4.78. The smallest absolute Gasteiger partial charge is 0.410 e. The molecule has 11 heteroatoms. The van der Waals surface area contributed by atoms with Crippen molar-refractivity contribution in [2.45, 2.75) is 64.0 Å². The number of hydrogen-bond acceptors (Lipinski definition) is 6. The van der Waals surface area contributed by atoms with Gasteiger partial charge in [0.05, 0.1) is 22.1 Å². The first-order valence-corrected chi connectivity index (χ1v) is 18.3. The van der Waals surface area contributed by atoms with Crippen molar-refractivity contribution in [3.8, 4) is 0 Å². The minimum atomic E-state index is -3.67. The van der Waals surface area contributed by atoms with E-state index in [0.29, 0.717) is 45.0 Å². The Labute approximate surface area is 226 Å². The molecule has 0 bridgehead atoms. The Balaban J connectivity index is 1.36. The number of aryl methyl sites for hydroxylation is 1. The summed E-state index contributed by atoms with van der Waals surface area (Å²) in [4.78, 5) is 14.0. The normalized spacial score (nSPS) is 15.1. The van der Waals surface area contributed by atoms with Gasteiger partial charge in [0.2, 0.25) is 10.0 Å². The highest BCUT2D eigenvalue weighted by Gasteiger charge is 2.32. The Bertz CT molecular complexity index is 1350. The molecule has 0 spiro atoms. The fourth-order valence-electron chi connectivity index (χ4n) is 4.53. The van der Waals surface area contributed by atoms with Crippen molar-refractivity contribution < 1.29 is 22.7 Å². The van der Waals surface area contributed by atoms with E-state index in [4.69, 9.17) is 9.47 Å². The van der Waals surface area contributed by atoms with Gasteiger partial charge in [-0.1, -0.05) is 56.0 Å². The van der Waals surface area contributed by atoms with Crippen molar-refractivity contribution in [2.24, 2.45) is 0 Å². The lowest BCUT2D eigenvalue weighted by Crippen LogP contribution is -2.44. The van der Waals surface area contributed by atoms with Crippen molar-refractivity contribution in [1.82, 2.24) is 14.7 Å². The molecule has 1 N–H and O–H groups in total. The second-order valence-electron chi connectivity index (χ2n) is 11.0. The van der Waals surface area contributed by atoms with E-state index < -0.39 is 29.4 Å². The number of benzene rings is 2. The number of amides is 1. The molecule has 1 aliphatic heterocycles. The first-order valence-electron chi connectivity index (χ1n) is 13.0. The molecule has 4 rings (SSSR count). The number of carbonyl (C=O) groups is 1. The van der Waals surface area contributed by atoms with Crippen LogP contribution in [0, 0.1) is 6.92 Å². The summed E-state index contributed by atoms with van der Waals surface area (Å²) in [6, 6.07) is 16.1. The lowest BCUT2D eigenvalue weighted by atomic mass is 10.1. The first kappa shape index (κ1) is 28.1. The summed E-state index contributed by atoms with van der Waals surface area (Å²) in [5.41, 5.74) is 2.99. The topological polar surface area (TPSA) is 103 Å². The lowest BCUT2D eigenvalue weighted by Gasteiger charge is -2.31. The van der Waals surface area contributed by atoms with Crippen LogP contribution in [0.15, 0.2) is 48.5 Å². The number of carbonyl (C=O) groups excluding carboxylic acids is 1. The highest BCUT2D eigenvalue weighted by molar-refractivity contribution is 7.93. The van der Waals surface area contributed by atoms with Crippen LogP contribution in [-0.2, 0) is 32.8 Å². The van der Waals surface area contributed by atoms with Gasteiger partial charge >= 0.3 is 6.09 Å². The molecule has 0 aliphatic carbocycles. The van der Waals surface area contributed by atoms with Crippen molar-refractivity contribution in [3.63, 3.8) is 0 Å². The van der Waals surface area contributed by atoms with Gasteiger partial charge in [0.1, 0.15) is 13.3 Å². The van der Waals surface area contributed by atoms with Crippen LogP contribution in [0.25, 0.3) is 10.9 Å². The van der Waals surface area contributed by atoms with Gasteiger partial charge < -0.3 is 14.4 Å². The number of anilines is 1. The van der Waals surface area contributed by atoms with Crippen LogP contribution in [0.4, 0.5) is 10.5 Å². The zero-order chi connectivity index (χ0) is 27.3. The Morgan fingerprint density at radius 1 is 1.08 bits per heavy atom. The molecule has 0 saturated carbocycles. The minimum absolute atomic E-state index is 0.194. The quantitative estimate of drug-likeness (QED) is 0.271. The molecular weight excluding hydrogens is 520 g/mol. The monoisotopic (exact) mass is 558 g/mol. The number of nitrogens with zero attached hydrogens (tertiary/aromatic N) is 3. The second-order valence-corrected chi connectivity index (χ2v) is 18.6. The van der Waals surface area contributed by atoms with Gasteiger partial charge in [0.25, 0.3) is 0 Å². The summed E-state index contributed by atoms with van der Waals surface area (Å²) < 4.78 is 42.5. The molecule has 2 aromatic carbocycles. The van der Waals surface area contributed by atoms with Crippen LogP contribution in [0.1, 0.15) is 24.1 Å². The number of hydrogen-bond donors (Lipinski definition) is 1. The van der Waals surface area contributed by atoms with Crippen LogP contribution < -0.4 is 4.72 Å². The van der Waals surface area contributed by atoms with Gasteiger partial charge in [-0.05, 0) is 43.5 Å². The summed E-state index contributed by atoms with van der Waals surface area (Å²) in [6.45, 7) is 10.7. The molecule has 1 fully saturated rings. The molecule has 1 amide bonds. The van der Waals surface area contributed by atoms with E-state index in [1.165, 1.54) is 0 Å². The third-order valence-corrected chi connectivity index (χ3v) is 10.3. The number of rotatable bonds is 10. The molecule has 1 aliphatic rings. The summed E-state index contributed by atoms with van der Waals surface area (Å²) >= 11 is 0. The molecule has 206 valence electrons. The molecule has 1 saturated heterocycles. The molecule has 1 aromatic heterocycles. The van der Waals surface area contributed by atoms with E-state index in [1.54, 1.807) is 15.6 Å². The maximum absolute atomic E-state index is 13.3. The second kappa shape index (κ2) is 11.9. The number of likely N-dealkylation sites (tertiary alicyclic amines) is 1. The van der Waals surface area contributed by atoms with E-state index in [1.807, 2.05) is 49.4 Å². The minimum Gasteiger partial charge on any atom is -0.445 e. The van der Waals surface area contributed by atoms with Gasteiger partial charge in [-0.2, -0.15) is 5.10 Å². The highest BCUT2D eigenvalue weighted by Crippen LogP contribution is 2.29. The number of nitrogens with one attached hydrogen (secondary N) is 1. The van der Waals surface area contributed by atoms with Crippen LogP contribution in [0.2, 0.25) is 25.7 Å². The van der Waals surface area contributed by atoms with E-state index >= 15 is 0 Å². The standard InChI is InChI=1S/C27H38N4O5SSi/c1-21-26-24(11-8-12-25(26)31(28-21)20-35-17-18-38(2,3)4)29-37(33,34)23-13-15-30(16-14-23)27(32)36-19-22-9-6-5-7-10-22/h5-12,23,29H,13-20H2,1-4H3. The molecule has 2 heterocycles. The Morgan fingerprint density at radius 3 is 2.47 bits per heavy atom. The zero-order valence-corrected chi connectivity index (χ0v) is 24.5. The SMILES string of the molecule is Cc1nn(COCC[Si](C)(C)C)c2cccc(NS(=O)(=O)C3CCN(C(=O)OCc4ccccc4)CC3)c12. The Kier molecular flexibility index (Phi) is 8.79. The molecule has 0 atom stereocenters. The molecule has 0 radical (unpaired) electrons. The largest absolute Gasteiger partial charge is 0.445 e. The average Bonchev–Trinajstić information content (AvgIpc) is 3.21.